The van der Waals surface area contributed by atoms with Gasteiger partial charge in [0.25, 0.3) is 0 Å². The van der Waals surface area contributed by atoms with E-state index in [1.165, 1.54) is 0 Å². The number of imidazole rings is 1. The SMILES string of the molecule is C[C@@H](NC(=O)OC(C)(C)C)c1nc2c(F)c3c(c(F)c2[nH]1)CC(C=O)C3. The lowest BCUT2D eigenvalue weighted by molar-refractivity contribution is -0.110. The fourth-order valence-electron chi connectivity index (χ4n) is 3.14. The third-order valence-electron chi connectivity index (χ3n) is 4.31. The summed E-state index contributed by atoms with van der Waals surface area (Å²) in [7, 11) is 0. The Morgan fingerprint density at radius 2 is 1.92 bits per heavy atom. The third kappa shape index (κ3) is 3.27. The molecule has 1 amide bonds. The highest BCUT2D eigenvalue weighted by atomic mass is 19.1. The van der Waals surface area contributed by atoms with Crippen LogP contribution in [0.2, 0.25) is 0 Å². The average Bonchev–Trinajstić information content (AvgIpc) is 3.15. The second-order valence-corrected chi connectivity index (χ2v) is 7.60. The standard InChI is InChI=1S/C18H21F2N3O3/c1-8(21-17(25)26-18(2,3)4)16-22-14-12(19)10-5-9(7-24)6-11(10)13(20)15(14)23-16/h7-9H,5-6H2,1-4H3,(H,21,25)(H,22,23)/t8-/m1/s1. The average molecular weight is 365 g/mol. The highest BCUT2D eigenvalue weighted by Gasteiger charge is 2.31. The van der Waals surface area contributed by atoms with Crippen molar-refractivity contribution in [2.24, 2.45) is 5.92 Å². The first-order valence-electron chi connectivity index (χ1n) is 8.43. The summed E-state index contributed by atoms with van der Waals surface area (Å²) in [5.41, 5.74) is -0.416. The second kappa shape index (κ2) is 6.34. The Morgan fingerprint density at radius 3 is 2.50 bits per heavy atom. The van der Waals surface area contributed by atoms with E-state index in [1.54, 1.807) is 27.7 Å². The Morgan fingerprint density at radius 1 is 1.31 bits per heavy atom. The van der Waals surface area contributed by atoms with Crippen LogP contribution in [-0.4, -0.2) is 27.9 Å². The fourth-order valence-corrected chi connectivity index (χ4v) is 3.14. The van der Waals surface area contributed by atoms with Crippen LogP contribution < -0.4 is 5.32 Å². The molecule has 2 N–H and O–H groups in total. The van der Waals surface area contributed by atoms with Crippen LogP contribution in [-0.2, 0) is 22.4 Å². The summed E-state index contributed by atoms with van der Waals surface area (Å²) in [5.74, 6) is -1.40. The molecule has 1 aromatic heterocycles. The van der Waals surface area contributed by atoms with Crippen molar-refractivity contribution in [1.29, 1.82) is 0 Å². The van der Waals surface area contributed by atoms with E-state index in [0.29, 0.717) is 0 Å². The van der Waals surface area contributed by atoms with Crippen LogP contribution in [0, 0.1) is 17.6 Å². The molecule has 1 heterocycles. The second-order valence-electron chi connectivity index (χ2n) is 7.60. The van der Waals surface area contributed by atoms with Crippen molar-refractivity contribution in [3.05, 3.63) is 28.6 Å². The van der Waals surface area contributed by atoms with E-state index in [9.17, 15) is 18.4 Å². The van der Waals surface area contributed by atoms with Crippen LogP contribution in [0.4, 0.5) is 13.6 Å². The summed E-state index contributed by atoms with van der Waals surface area (Å²) in [6.45, 7) is 6.83. The number of hydrogen-bond acceptors (Lipinski definition) is 4. The van der Waals surface area contributed by atoms with Gasteiger partial charge in [-0.3, -0.25) is 0 Å². The van der Waals surface area contributed by atoms with Crippen molar-refractivity contribution in [2.45, 2.75) is 52.2 Å². The molecule has 8 heteroatoms. The van der Waals surface area contributed by atoms with E-state index in [-0.39, 0.29) is 40.8 Å². The zero-order chi connectivity index (χ0) is 19.2. The van der Waals surface area contributed by atoms with Crippen LogP contribution in [0.15, 0.2) is 0 Å². The Balaban J connectivity index is 1.91. The number of halogens is 2. The number of aromatic nitrogens is 2. The zero-order valence-electron chi connectivity index (χ0n) is 15.1. The van der Waals surface area contributed by atoms with Gasteiger partial charge in [0.15, 0.2) is 11.6 Å². The van der Waals surface area contributed by atoms with Crippen molar-refractivity contribution in [3.63, 3.8) is 0 Å². The molecule has 140 valence electrons. The first kappa shape index (κ1) is 18.3. The van der Waals surface area contributed by atoms with Gasteiger partial charge in [-0.2, -0.15) is 0 Å². The number of rotatable bonds is 3. The number of H-pyrrole nitrogens is 1. The van der Waals surface area contributed by atoms with Crippen molar-refractivity contribution in [3.8, 4) is 0 Å². The lowest BCUT2D eigenvalue weighted by Gasteiger charge is -2.21. The molecule has 3 rings (SSSR count). The molecule has 0 aliphatic heterocycles. The number of aromatic amines is 1. The van der Waals surface area contributed by atoms with Gasteiger partial charge in [-0.15, -0.1) is 0 Å². The maximum absolute atomic E-state index is 14.8. The molecule has 1 unspecified atom stereocenters. The first-order valence-corrected chi connectivity index (χ1v) is 8.43. The number of carbonyl (C=O) groups is 2. The summed E-state index contributed by atoms with van der Waals surface area (Å²) in [5, 5.41) is 2.58. The van der Waals surface area contributed by atoms with Gasteiger partial charge in [-0.05, 0) is 51.7 Å². The fraction of sp³-hybridized carbons (Fsp3) is 0.500. The molecule has 0 fully saturated rings. The molecule has 2 aromatic rings. The first-order chi connectivity index (χ1) is 12.1. The lowest BCUT2D eigenvalue weighted by atomic mass is 10.1. The van der Waals surface area contributed by atoms with E-state index in [2.05, 4.69) is 15.3 Å². The van der Waals surface area contributed by atoms with Crippen LogP contribution >= 0.6 is 0 Å². The van der Waals surface area contributed by atoms with Crippen molar-refractivity contribution in [1.82, 2.24) is 15.3 Å². The Labute approximate surface area is 149 Å². The van der Waals surface area contributed by atoms with E-state index in [1.807, 2.05) is 0 Å². The molecule has 0 bridgehead atoms. The number of alkyl carbamates (subject to hydrolysis) is 1. The van der Waals surface area contributed by atoms with E-state index < -0.39 is 35.3 Å². The van der Waals surface area contributed by atoms with E-state index >= 15 is 0 Å². The predicted molar refractivity (Wildman–Crippen MR) is 90.8 cm³/mol. The summed E-state index contributed by atoms with van der Waals surface area (Å²) in [6.07, 6.45) is 0.421. The van der Waals surface area contributed by atoms with Gasteiger partial charge >= 0.3 is 6.09 Å². The van der Waals surface area contributed by atoms with Crippen LogP contribution in [0.25, 0.3) is 11.0 Å². The molecule has 1 aromatic carbocycles. The number of nitrogens with one attached hydrogen (secondary N) is 2. The lowest BCUT2D eigenvalue weighted by Crippen LogP contribution is -2.34. The van der Waals surface area contributed by atoms with Crippen LogP contribution in [0.1, 0.15) is 50.7 Å². The van der Waals surface area contributed by atoms with Gasteiger partial charge in [0.2, 0.25) is 0 Å². The summed E-state index contributed by atoms with van der Waals surface area (Å²) in [6, 6.07) is -0.631. The number of nitrogens with zero attached hydrogens (tertiary/aromatic N) is 1. The quantitative estimate of drug-likeness (QED) is 0.817. The maximum atomic E-state index is 14.8. The topological polar surface area (TPSA) is 84.1 Å². The van der Waals surface area contributed by atoms with Crippen LogP contribution in [0.3, 0.4) is 0 Å². The minimum Gasteiger partial charge on any atom is -0.444 e. The van der Waals surface area contributed by atoms with Crippen LogP contribution in [0.5, 0.6) is 0 Å². The largest absolute Gasteiger partial charge is 0.444 e. The Hall–Kier alpha value is -2.51. The van der Waals surface area contributed by atoms with Gasteiger partial charge in [0, 0.05) is 5.92 Å². The monoisotopic (exact) mass is 365 g/mol. The Kier molecular flexibility index (Phi) is 4.46. The van der Waals surface area contributed by atoms with Gasteiger partial charge in [-0.25, -0.2) is 18.6 Å². The third-order valence-corrected chi connectivity index (χ3v) is 4.31. The molecule has 0 saturated carbocycles. The number of ether oxygens (including phenoxy) is 1. The smallest absolute Gasteiger partial charge is 0.408 e. The molecule has 6 nitrogen and oxygen atoms in total. The molecule has 2 atom stereocenters. The highest BCUT2D eigenvalue weighted by molar-refractivity contribution is 5.80. The van der Waals surface area contributed by atoms with Gasteiger partial charge in [0.05, 0.1) is 6.04 Å². The molecule has 0 radical (unpaired) electrons. The van der Waals surface area contributed by atoms with Gasteiger partial charge < -0.3 is 19.8 Å². The number of aldehydes is 1. The Bertz CT molecular complexity index is 837. The molecule has 1 aliphatic carbocycles. The number of fused-ring (bicyclic) bond motifs is 2. The summed E-state index contributed by atoms with van der Waals surface area (Å²) < 4.78 is 34.7. The molecule has 0 spiro atoms. The number of carbonyl (C=O) groups excluding carboxylic acids is 2. The van der Waals surface area contributed by atoms with Gasteiger partial charge in [0.1, 0.15) is 28.7 Å². The minimum atomic E-state index is -0.661. The summed E-state index contributed by atoms with van der Waals surface area (Å²) >= 11 is 0. The number of hydrogen-bond donors (Lipinski definition) is 2. The van der Waals surface area contributed by atoms with Crippen molar-refractivity contribution in [2.75, 3.05) is 0 Å². The maximum Gasteiger partial charge on any atom is 0.408 e. The highest BCUT2D eigenvalue weighted by Crippen LogP contribution is 2.35. The van der Waals surface area contributed by atoms with Gasteiger partial charge in [-0.1, -0.05) is 0 Å². The zero-order valence-corrected chi connectivity index (χ0v) is 15.1. The van der Waals surface area contributed by atoms with Crippen molar-refractivity contribution >= 4 is 23.4 Å². The number of benzene rings is 1. The predicted octanol–water partition coefficient (Wildman–Crippen LogP) is 3.34. The number of amides is 1. The summed E-state index contributed by atoms with van der Waals surface area (Å²) in [4.78, 5) is 29.7. The normalized spacial score (nSPS) is 15.8. The van der Waals surface area contributed by atoms with Crippen molar-refractivity contribution < 1.29 is 23.1 Å². The molecule has 0 saturated heterocycles. The van der Waals surface area contributed by atoms with E-state index in [4.69, 9.17) is 4.74 Å². The molecule has 1 aliphatic rings. The molecular weight excluding hydrogens is 344 g/mol. The molecule has 26 heavy (non-hydrogen) atoms. The molecular formula is C18H21F2N3O3. The minimum absolute atomic E-state index is 0.0550. The van der Waals surface area contributed by atoms with E-state index in [0.717, 1.165) is 6.29 Å².